The minimum Gasteiger partial charge on any atom is -0.362 e. The van der Waals surface area contributed by atoms with Crippen molar-refractivity contribution in [1.82, 2.24) is 20.5 Å². The highest BCUT2D eigenvalue weighted by molar-refractivity contribution is 5.28. The second-order valence-electron chi connectivity index (χ2n) is 3.88. The summed E-state index contributed by atoms with van der Waals surface area (Å²) in [7, 11) is 0. The van der Waals surface area contributed by atoms with E-state index in [9.17, 15) is 9.59 Å². The Kier molecular flexibility index (Phi) is 3.35. The molecule has 2 heterocycles. The molecule has 88 valence electrons. The minimum absolute atomic E-state index is 0.159. The number of nitrogens with zero attached hydrogens (tertiary/aromatic N) is 1. The third-order valence-electron chi connectivity index (χ3n) is 2.64. The zero-order chi connectivity index (χ0) is 11.4. The summed E-state index contributed by atoms with van der Waals surface area (Å²) in [5.74, 6) is 0.159. The summed E-state index contributed by atoms with van der Waals surface area (Å²) < 4.78 is 0. The van der Waals surface area contributed by atoms with Gasteiger partial charge in [-0.3, -0.25) is 9.78 Å². The van der Waals surface area contributed by atoms with Crippen LogP contribution in [-0.2, 0) is 0 Å². The Morgan fingerprint density at radius 1 is 1.38 bits per heavy atom. The predicted octanol–water partition coefficient (Wildman–Crippen LogP) is -0.988. The van der Waals surface area contributed by atoms with E-state index in [1.54, 1.807) is 0 Å². The molecule has 7 heteroatoms. The Morgan fingerprint density at radius 2 is 2.25 bits per heavy atom. The van der Waals surface area contributed by atoms with E-state index in [0.29, 0.717) is 12.6 Å². The van der Waals surface area contributed by atoms with Crippen molar-refractivity contribution in [2.24, 2.45) is 0 Å². The molecule has 0 saturated carbocycles. The highest BCUT2D eigenvalue weighted by atomic mass is 16.2. The predicted molar refractivity (Wildman–Crippen MR) is 59.6 cm³/mol. The van der Waals surface area contributed by atoms with Crippen LogP contribution in [0.15, 0.2) is 9.59 Å². The van der Waals surface area contributed by atoms with E-state index in [1.165, 1.54) is 12.8 Å². The lowest BCUT2D eigenvalue weighted by atomic mass is 10.1. The summed E-state index contributed by atoms with van der Waals surface area (Å²) in [6, 6.07) is 0.363. The quantitative estimate of drug-likeness (QED) is 0.529. The molecular weight excluding hydrogens is 210 g/mol. The highest BCUT2D eigenvalue weighted by Crippen LogP contribution is 2.06. The lowest BCUT2D eigenvalue weighted by molar-refractivity contribution is 0.413. The molecule has 1 fully saturated rings. The molecule has 1 atom stereocenters. The van der Waals surface area contributed by atoms with E-state index < -0.39 is 11.2 Å². The first-order valence-corrected chi connectivity index (χ1v) is 5.42. The van der Waals surface area contributed by atoms with E-state index in [2.05, 4.69) is 25.8 Å². The molecule has 7 nitrogen and oxygen atoms in total. The summed E-state index contributed by atoms with van der Waals surface area (Å²) >= 11 is 0. The number of piperidine rings is 1. The first-order chi connectivity index (χ1) is 7.75. The zero-order valence-electron chi connectivity index (χ0n) is 8.88. The standard InChI is InChI=1S/C9H15N5O2/c15-8-7(13-14-9(16)12-8)11-5-6-3-1-2-4-10-6/h6,10H,1-5H2,(H,11,13)(H2,12,14,15,16). The van der Waals surface area contributed by atoms with Gasteiger partial charge in [0.25, 0.3) is 5.56 Å². The van der Waals surface area contributed by atoms with Crippen LogP contribution in [0.4, 0.5) is 5.82 Å². The number of rotatable bonds is 3. The number of H-pyrrole nitrogens is 2. The van der Waals surface area contributed by atoms with Crippen LogP contribution in [0.1, 0.15) is 19.3 Å². The topological polar surface area (TPSA) is 103 Å². The summed E-state index contributed by atoms with van der Waals surface area (Å²) in [5.41, 5.74) is -1.08. The van der Waals surface area contributed by atoms with Crippen LogP contribution in [0.3, 0.4) is 0 Å². The molecule has 0 bridgehead atoms. The fourth-order valence-electron chi connectivity index (χ4n) is 1.79. The van der Waals surface area contributed by atoms with E-state index in [0.717, 1.165) is 13.0 Å². The maximum absolute atomic E-state index is 11.3. The number of hydrogen-bond acceptors (Lipinski definition) is 5. The van der Waals surface area contributed by atoms with Gasteiger partial charge in [0.15, 0.2) is 0 Å². The minimum atomic E-state index is -0.591. The summed E-state index contributed by atoms with van der Waals surface area (Å²) in [6.45, 7) is 1.66. The van der Waals surface area contributed by atoms with E-state index >= 15 is 0 Å². The lowest BCUT2D eigenvalue weighted by Gasteiger charge is -2.23. The fourth-order valence-corrected chi connectivity index (χ4v) is 1.79. The largest absolute Gasteiger partial charge is 0.362 e. The van der Waals surface area contributed by atoms with Crippen molar-refractivity contribution in [3.8, 4) is 0 Å². The van der Waals surface area contributed by atoms with Crippen LogP contribution in [0.2, 0.25) is 0 Å². The highest BCUT2D eigenvalue weighted by Gasteiger charge is 2.12. The van der Waals surface area contributed by atoms with Gasteiger partial charge in [0, 0.05) is 12.6 Å². The van der Waals surface area contributed by atoms with E-state index in [1.807, 2.05) is 0 Å². The Balaban J connectivity index is 1.93. The molecule has 1 aliphatic heterocycles. The van der Waals surface area contributed by atoms with Gasteiger partial charge in [-0.2, -0.15) is 0 Å². The van der Waals surface area contributed by atoms with Crippen molar-refractivity contribution in [3.05, 3.63) is 20.8 Å². The van der Waals surface area contributed by atoms with Gasteiger partial charge in [-0.05, 0) is 19.4 Å². The Bertz CT molecular complexity index is 446. The van der Waals surface area contributed by atoms with Gasteiger partial charge in [0.1, 0.15) is 0 Å². The third kappa shape index (κ3) is 2.69. The van der Waals surface area contributed by atoms with Gasteiger partial charge in [-0.25, -0.2) is 9.89 Å². The van der Waals surface area contributed by atoms with Crippen molar-refractivity contribution in [2.75, 3.05) is 18.4 Å². The van der Waals surface area contributed by atoms with Gasteiger partial charge >= 0.3 is 5.69 Å². The molecule has 2 rings (SSSR count). The van der Waals surface area contributed by atoms with E-state index in [-0.39, 0.29) is 5.82 Å². The third-order valence-corrected chi connectivity index (χ3v) is 2.64. The van der Waals surface area contributed by atoms with Crippen molar-refractivity contribution >= 4 is 5.82 Å². The molecule has 1 unspecified atom stereocenters. The molecular formula is C9H15N5O2. The molecule has 0 aromatic carbocycles. The monoisotopic (exact) mass is 225 g/mol. The molecule has 0 amide bonds. The van der Waals surface area contributed by atoms with Crippen LogP contribution in [0, 0.1) is 0 Å². The Hall–Kier alpha value is -1.63. The van der Waals surface area contributed by atoms with E-state index in [4.69, 9.17) is 0 Å². The zero-order valence-corrected chi connectivity index (χ0v) is 8.88. The van der Waals surface area contributed by atoms with Crippen LogP contribution in [0.25, 0.3) is 0 Å². The second-order valence-corrected chi connectivity index (χ2v) is 3.88. The number of hydrogen-bond donors (Lipinski definition) is 4. The van der Waals surface area contributed by atoms with Crippen LogP contribution < -0.4 is 21.9 Å². The van der Waals surface area contributed by atoms with Crippen molar-refractivity contribution < 1.29 is 0 Å². The maximum Gasteiger partial charge on any atom is 0.342 e. The average molecular weight is 225 g/mol. The van der Waals surface area contributed by atoms with Gasteiger partial charge in [-0.15, -0.1) is 5.10 Å². The maximum atomic E-state index is 11.3. The summed E-state index contributed by atoms with van der Waals surface area (Å²) in [6.07, 6.45) is 3.50. The average Bonchev–Trinajstić information content (AvgIpc) is 2.29. The second kappa shape index (κ2) is 4.93. The molecule has 4 N–H and O–H groups in total. The normalized spacial score (nSPS) is 20.6. The van der Waals surface area contributed by atoms with Gasteiger partial charge in [0.05, 0.1) is 0 Å². The molecule has 1 aromatic rings. The van der Waals surface area contributed by atoms with Crippen LogP contribution >= 0.6 is 0 Å². The fraction of sp³-hybridized carbons (Fsp3) is 0.667. The molecule has 1 aliphatic rings. The Morgan fingerprint density at radius 3 is 2.94 bits per heavy atom. The summed E-state index contributed by atoms with van der Waals surface area (Å²) in [4.78, 5) is 24.1. The summed E-state index contributed by atoms with van der Waals surface area (Å²) in [5, 5.41) is 12.1. The molecule has 0 spiro atoms. The molecule has 1 saturated heterocycles. The lowest BCUT2D eigenvalue weighted by Crippen LogP contribution is -2.40. The number of anilines is 1. The molecule has 16 heavy (non-hydrogen) atoms. The van der Waals surface area contributed by atoms with Crippen molar-refractivity contribution in [3.63, 3.8) is 0 Å². The van der Waals surface area contributed by atoms with Crippen LogP contribution in [0.5, 0.6) is 0 Å². The van der Waals surface area contributed by atoms with Gasteiger partial charge in [-0.1, -0.05) is 6.42 Å². The number of nitrogens with one attached hydrogen (secondary N) is 4. The molecule has 1 aromatic heterocycles. The first kappa shape index (κ1) is 10.9. The van der Waals surface area contributed by atoms with Crippen LogP contribution in [-0.4, -0.2) is 34.3 Å². The first-order valence-electron chi connectivity index (χ1n) is 5.42. The number of aromatic amines is 2. The van der Waals surface area contributed by atoms with Crippen molar-refractivity contribution in [2.45, 2.75) is 25.3 Å². The van der Waals surface area contributed by atoms with Gasteiger partial charge < -0.3 is 10.6 Å². The van der Waals surface area contributed by atoms with Gasteiger partial charge in [0.2, 0.25) is 5.82 Å². The SMILES string of the molecule is O=c1[nH]nc(NCC2CCCCN2)c(=O)[nH]1. The number of aromatic nitrogens is 3. The molecule has 0 radical (unpaired) electrons. The smallest absolute Gasteiger partial charge is 0.342 e. The molecule has 0 aliphatic carbocycles. The Labute approximate surface area is 91.7 Å². The van der Waals surface area contributed by atoms with Crippen molar-refractivity contribution in [1.29, 1.82) is 0 Å².